The Hall–Kier alpha value is -1.63. The summed E-state index contributed by atoms with van der Waals surface area (Å²) in [5.41, 5.74) is 5.35. The van der Waals surface area contributed by atoms with Crippen molar-refractivity contribution in [2.45, 2.75) is 25.4 Å². The Kier molecular flexibility index (Phi) is 3.04. The number of hydrogen-bond acceptors (Lipinski definition) is 5. The number of nitrogens with zero attached hydrogens (tertiary/aromatic N) is 4. The zero-order chi connectivity index (χ0) is 11.5. The molecule has 0 spiro atoms. The predicted molar refractivity (Wildman–Crippen MR) is 56.3 cm³/mol. The number of carbonyl (C=O) groups excluding carboxylic acids is 1. The summed E-state index contributed by atoms with van der Waals surface area (Å²) in [4.78, 5) is 17.3. The van der Waals surface area contributed by atoms with E-state index >= 15 is 0 Å². The van der Waals surface area contributed by atoms with Gasteiger partial charge in [0.2, 0.25) is 11.9 Å². The number of hydrogen-bond donors (Lipinski definition) is 2. The van der Waals surface area contributed by atoms with Crippen LogP contribution in [0.2, 0.25) is 0 Å². The zero-order valence-corrected chi connectivity index (χ0v) is 8.91. The summed E-state index contributed by atoms with van der Waals surface area (Å²) in [6, 6.07) is -0.0478. The summed E-state index contributed by atoms with van der Waals surface area (Å²) >= 11 is 0. The summed E-state index contributed by atoms with van der Waals surface area (Å²) in [5.74, 6) is 0.106. The highest BCUT2D eigenvalue weighted by molar-refractivity contribution is 5.76. The highest BCUT2D eigenvalue weighted by atomic mass is 16.3. The monoisotopic (exact) mass is 225 g/mol. The van der Waals surface area contributed by atoms with Crippen LogP contribution in [0.1, 0.15) is 12.8 Å². The number of anilines is 1. The van der Waals surface area contributed by atoms with Crippen LogP contribution in [0.15, 0.2) is 6.33 Å². The molecule has 16 heavy (non-hydrogen) atoms. The normalized spacial score (nSPS) is 20.3. The average molecular weight is 225 g/mol. The van der Waals surface area contributed by atoms with E-state index in [4.69, 9.17) is 10.8 Å². The second-order valence-corrected chi connectivity index (χ2v) is 3.87. The molecule has 0 aliphatic carbocycles. The van der Waals surface area contributed by atoms with Crippen molar-refractivity contribution in [2.75, 3.05) is 18.9 Å². The van der Waals surface area contributed by atoms with Crippen molar-refractivity contribution < 1.29 is 9.90 Å². The van der Waals surface area contributed by atoms with Crippen LogP contribution < -0.4 is 5.73 Å². The van der Waals surface area contributed by atoms with Gasteiger partial charge in [-0.15, -0.1) is 5.10 Å². The first-order chi connectivity index (χ1) is 7.70. The van der Waals surface area contributed by atoms with E-state index in [1.807, 2.05) is 0 Å². The highest BCUT2D eigenvalue weighted by Crippen LogP contribution is 2.16. The van der Waals surface area contributed by atoms with Crippen LogP contribution in [-0.2, 0) is 11.3 Å². The minimum Gasteiger partial charge on any atom is -0.394 e. The number of rotatable bonds is 3. The molecule has 0 radical (unpaired) electrons. The topological polar surface area (TPSA) is 97.3 Å². The molecule has 0 unspecified atom stereocenters. The number of likely N-dealkylation sites (tertiary alicyclic amines) is 1. The molecule has 1 atom stereocenters. The maximum absolute atomic E-state index is 11.9. The number of aliphatic hydroxyl groups is 1. The van der Waals surface area contributed by atoms with E-state index in [2.05, 4.69) is 10.1 Å². The molecule has 2 rings (SSSR count). The molecular weight excluding hydrogens is 210 g/mol. The maximum Gasteiger partial charge on any atom is 0.244 e. The third-order valence-electron chi connectivity index (χ3n) is 2.76. The van der Waals surface area contributed by atoms with E-state index in [9.17, 15) is 4.79 Å². The molecule has 88 valence electrons. The summed E-state index contributed by atoms with van der Waals surface area (Å²) < 4.78 is 1.41. The van der Waals surface area contributed by atoms with Crippen LogP contribution in [0.5, 0.6) is 0 Å². The Morgan fingerprint density at radius 1 is 1.69 bits per heavy atom. The van der Waals surface area contributed by atoms with E-state index in [-0.39, 0.29) is 31.0 Å². The maximum atomic E-state index is 11.9. The van der Waals surface area contributed by atoms with Gasteiger partial charge in [0, 0.05) is 6.54 Å². The van der Waals surface area contributed by atoms with Crippen LogP contribution in [0.4, 0.5) is 5.95 Å². The quantitative estimate of drug-likeness (QED) is 0.676. The molecule has 1 aromatic rings. The third kappa shape index (κ3) is 2.13. The molecule has 0 saturated carbocycles. The largest absolute Gasteiger partial charge is 0.394 e. The zero-order valence-electron chi connectivity index (χ0n) is 8.91. The Balaban J connectivity index is 1.97. The first-order valence-electron chi connectivity index (χ1n) is 5.26. The minimum atomic E-state index is -0.0542. The Morgan fingerprint density at radius 2 is 2.50 bits per heavy atom. The van der Waals surface area contributed by atoms with Gasteiger partial charge < -0.3 is 15.7 Å². The van der Waals surface area contributed by atoms with Crippen LogP contribution in [-0.4, -0.2) is 49.9 Å². The highest BCUT2D eigenvalue weighted by Gasteiger charge is 2.28. The lowest BCUT2D eigenvalue weighted by atomic mass is 10.2. The number of amides is 1. The molecule has 1 aromatic heterocycles. The van der Waals surface area contributed by atoms with E-state index in [0.29, 0.717) is 6.54 Å². The van der Waals surface area contributed by atoms with Crippen molar-refractivity contribution in [3.63, 3.8) is 0 Å². The van der Waals surface area contributed by atoms with E-state index in [1.54, 1.807) is 4.90 Å². The Morgan fingerprint density at radius 3 is 3.12 bits per heavy atom. The van der Waals surface area contributed by atoms with Crippen molar-refractivity contribution >= 4 is 11.9 Å². The van der Waals surface area contributed by atoms with Crippen molar-refractivity contribution in [1.29, 1.82) is 0 Å². The summed E-state index contributed by atoms with van der Waals surface area (Å²) in [7, 11) is 0. The molecule has 1 aliphatic rings. The third-order valence-corrected chi connectivity index (χ3v) is 2.76. The Bertz CT molecular complexity index is 378. The average Bonchev–Trinajstić information content (AvgIpc) is 2.86. The van der Waals surface area contributed by atoms with E-state index in [0.717, 1.165) is 12.8 Å². The van der Waals surface area contributed by atoms with Crippen LogP contribution in [0.3, 0.4) is 0 Å². The summed E-state index contributed by atoms with van der Waals surface area (Å²) in [6.07, 6.45) is 3.23. The van der Waals surface area contributed by atoms with Gasteiger partial charge in [-0.05, 0) is 12.8 Å². The molecule has 1 aliphatic heterocycles. The predicted octanol–water partition coefficient (Wildman–Crippen LogP) is -1.16. The molecule has 1 saturated heterocycles. The van der Waals surface area contributed by atoms with E-state index < -0.39 is 0 Å². The molecular formula is C9H15N5O2. The minimum absolute atomic E-state index is 0.0191. The first-order valence-corrected chi connectivity index (χ1v) is 5.26. The molecule has 7 heteroatoms. The number of nitrogen functional groups attached to an aromatic ring is 1. The smallest absolute Gasteiger partial charge is 0.244 e. The van der Waals surface area contributed by atoms with Crippen molar-refractivity contribution in [3.05, 3.63) is 6.33 Å². The molecule has 1 amide bonds. The van der Waals surface area contributed by atoms with E-state index in [1.165, 1.54) is 11.0 Å². The fraction of sp³-hybridized carbons (Fsp3) is 0.667. The fourth-order valence-electron chi connectivity index (χ4n) is 1.97. The van der Waals surface area contributed by atoms with Crippen LogP contribution in [0, 0.1) is 0 Å². The molecule has 2 heterocycles. The van der Waals surface area contributed by atoms with Gasteiger partial charge in [-0.25, -0.2) is 9.67 Å². The fourth-order valence-corrected chi connectivity index (χ4v) is 1.97. The van der Waals surface area contributed by atoms with Crippen molar-refractivity contribution in [1.82, 2.24) is 19.7 Å². The SMILES string of the molecule is Nc1ncn(CC(=O)N2CCC[C@H]2CO)n1. The van der Waals surface area contributed by atoms with Gasteiger partial charge >= 0.3 is 0 Å². The van der Waals surface area contributed by atoms with Gasteiger partial charge in [-0.3, -0.25) is 4.79 Å². The number of aromatic nitrogens is 3. The summed E-state index contributed by atoms with van der Waals surface area (Å²) in [6.45, 7) is 0.847. The summed E-state index contributed by atoms with van der Waals surface area (Å²) in [5, 5.41) is 13.0. The van der Waals surface area contributed by atoms with Gasteiger partial charge in [0.15, 0.2) is 0 Å². The number of nitrogens with two attached hydrogens (primary N) is 1. The number of aliphatic hydroxyl groups excluding tert-OH is 1. The van der Waals surface area contributed by atoms with Gasteiger partial charge in [0.25, 0.3) is 0 Å². The van der Waals surface area contributed by atoms with Crippen LogP contribution >= 0.6 is 0 Å². The van der Waals surface area contributed by atoms with Crippen molar-refractivity contribution in [3.8, 4) is 0 Å². The molecule has 3 N–H and O–H groups in total. The molecule has 1 fully saturated rings. The standard InChI is InChI=1S/C9H15N5O2/c10-9-11-6-13(12-9)4-8(16)14-3-1-2-7(14)5-15/h6-7,15H,1-5H2,(H2,10,12)/t7-/m0/s1. The molecule has 0 aromatic carbocycles. The van der Waals surface area contributed by atoms with Gasteiger partial charge in [0.05, 0.1) is 12.6 Å². The van der Waals surface area contributed by atoms with Gasteiger partial charge in [-0.2, -0.15) is 0 Å². The number of carbonyl (C=O) groups is 1. The second kappa shape index (κ2) is 4.48. The molecule has 0 bridgehead atoms. The molecule has 7 nitrogen and oxygen atoms in total. The Labute approximate surface area is 92.9 Å². The van der Waals surface area contributed by atoms with Gasteiger partial charge in [0.1, 0.15) is 12.9 Å². The van der Waals surface area contributed by atoms with Gasteiger partial charge in [-0.1, -0.05) is 0 Å². The van der Waals surface area contributed by atoms with Crippen LogP contribution in [0.25, 0.3) is 0 Å². The van der Waals surface area contributed by atoms with Crippen molar-refractivity contribution in [2.24, 2.45) is 0 Å². The second-order valence-electron chi connectivity index (χ2n) is 3.87. The first kappa shape index (κ1) is 10.9. The lowest BCUT2D eigenvalue weighted by molar-refractivity contribution is -0.133. The lowest BCUT2D eigenvalue weighted by Gasteiger charge is -2.22. The lowest BCUT2D eigenvalue weighted by Crippen LogP contribution is -2.39.